The van der Waals surface area contributed by atoms with Crippen LogP contribution in [0.1, 0.15) is 33.5 Å². The third kappa shape index (κ3) is 3.28. The van der Waals surface area contributed by atoms with Gasteiger partial charge in [0.2, 0.25) is 5.91 Å². The zero-order valence-electron chi connectivity index (χ0n) is 17.9. The molecule has 1 heterocycles. The van der Waals surface area contributed by atoms with E-state index in [4.69, 9.17) is 15.2 Å². The van der Waals surface area contributed by atoms with E-state index in [1.54, 1.807) is 6.07 Å². The van der Waals surface area contributed by atoms with Crippen molar-refractivity contribution in [2.24, 2.45) is 5.73 Å². The third-order valence-electron chi connectivity index (χ3n) is 6.21. The number of nitrogens with two attached hydrogens (primary N) is 1. The molecule has 5 rings (SSSR count). The molecule has 1 aliphatic carbocycles. The van der Waals surface area contributed by atoms with Crippen molar-refractivity contribution in [3.8, 4) is 5.75 Å². The molecule has 0 atom stereocenters. The highest BCUT2D eigenvalue weighted by Crippen LogP contribution is 2.44. The molecule has 162 valence electrons. The van der Waals surface area contributed by atoms with Crippen molar-refractivity contribution in [3.05, 3.63) is 76.9 Å². The molecule has 0 saturated heterocycles. The summed E-state index contributed by atoms with van der Waals surface area (Å²) in [5.41, 5.74) is 11.6. The van der Waals surface area contributed by atoms with E-state index >= 15 is 0 Å². The van der Waals surface area contributed by atoms with Crippen molar-refractivity contribution >= 4 is 33.7 Å². The number of esters is 1. The Morgan fingerprint density at radius 2 is 1.81 bits per heavy atom. The van der Waals surface area contributed by atoms with Gasteiger partial charge in [-0.1, -0.05) is 36.4 Å². The van der Waals surface area contributed by atoms with E-state index in [2.05, 4.69) is 22.8 Å². The number of fused-ring (bicyclic) bond motifs is 4. The number of benzene rings is 3. The molecule has 6 heteroatoms. The van der Waals surface area contributed by atoms with Gasteiger partial charge in [-0.25, -0.2) is 4.79 Å². The topological polar surface area (TPSA) is 83.6 Å². The number of primary amides is 1. The zero-order valence-corrected chi connectivity index (χ0v) is 17.9. The van der Waals surface area contributed by atoms with Crippen molar-refractivity contribution in [1.82, 2.24) is 4.57 Å². The predicted octanol–water partition coefficient (Wildman–Crippen LogP) is 3.98. The van der Waals surface area contributed by atoms with Crippen LogP contribution >= 0.6 is 0 Å². The van der Waals surface area contributed by atoms with Crippen molar-refractivity contribution in [2.45, 2.75) is 25.8 Å². The number of carbonyl (C=O) groups excluding carboxylic acids is 2. The molecule has 1 aliphatic rings. The smallest absolute Gasteiger partial charge is 0.343 e. The number of carbonyl (C=O) groups is 2. The average Bonchev–Trinajstić information content (AvgIpc) is 3.40. The van der Waals surface area contributed by atoms with E-state index in [1.807, 2.05) is 30.3 Å². The van der Waals surface area contributed by atoms with Crippen molar-refractivity contribution in [2.75, 3.05) is 13.7 Å². The summed E-state index contributed by atoms with van der Waals surface area (Å²) in [5.74, 6) is -0.281. The minimum absolute atomic E-state index is 0.188. The van der Waals surface area contributed by atoms with Gasteiger partial charge < -0.3 is 19.8 Å². The van der Waals surface area contributed by atoms with Gasteiger partial charge in [-0.3, -0.25) is 4.79 Å². The molecule has 0 unspecified atom stereocenters. The lowest BCUT2D eigenvalue weighted by Gasteiger charge is -2.14. The summed E-state index contributed by atoms with van der Waals surface area (Å²) < 4.78 is 13.1. The molecule has 6 nitrogen and oxygen atoms in total. The van der Waals surface area contributed by atoms with Gasteiger partial charge in [-0.05, 0) is 54.2 Å². The van der Waals surface area contributed by atoms with Crippen LogP contribution in [0.5, 0.6) is 5.75 Å². The molecule has 1 amide bonds. The van der Waals surface area contributed by atoms with Crippen LogP contribution in [0, 0.1) is 0 Å². The minimum atomic E-state index is -0.492. The van der Waals surface area contributed by atoms with Gasteiger partial charge in [0, 0.05) is 17.5 Å². The third-order valence-corrected chi connectivity index (χ3v) is 6.21. The first-order valence-electron chi connectivity index (χ1n) is 10.7. The number of amides is 1. The Labute approximate surface area is 185 Å². The molecule has 0 spiro atoms. The SMILES string of the molecule is COC(=O)COc1c2c(cc3c1c1c(C(N)=O)cccc1n3Cc1ccccc1)CCC2. The predicted molar refractivity (Wildman–Crippen MR) is 123 cm³/mol. The highest BCUT2D eigenvalue weighted by atomic mass is 16.6. The molecule has 2 N–H and O–H groups in total. The highest BCUT2D eigenvalue weighted by molar-refractivity contribution is 6.20. The van der Waals surface area contributed by atoms with Gasteiger partial charge in [0.05, 0.1) is 23.5 Å². The fraction of sp³-hybridized carbons (Fsp3) is 0.231. The molecular formula is C26H24N2O4. The molecule has 0 saturated carbocycles. The molecule has 32 heavy (non-hydrogen) atoms. The first-order valence-corrected chi connectivity index (χ1v) is 10.7. The van der Waals surface area contributed by atoms with E-state index in [1.165, 1.54) is 12.7 Å². The standard InChI is InChI=1S/C26H24N2O4/c1-31-22(29)15-32-25-18-10-5-9-17(18)13-21-24(25)23-19(26(27)30)11-6-12-20(23)28(21)14-16-7-3-2-4-8-16/h2-4,6-8,11-13H,5,9-10,14-15H2,1H3,(H2,27,30). The number of rotatable bonds is 6. The maximum atomic E-state index is 12.4. The Bertz CT molecular complexity index is 1360. The van der Waals surface area contributed by atoms with Crippen LogP contribution in [0.2, 0.25) is 0 Å². The summed E-state index contributed by atoms with van der Waals surface area (Å²) in [4.78, 5) is 24.3. The Kier molecular flexibility index (Phi) is 5.05. The van der Waals surface area contributed by atoms with Gasteiger partial charge >= 0.3 is 5.97 Å². The number of methoxy groups -OCH3 is 1. The molecular weight excluding hydrogens is 404 g/mol. The largest absolute Gasteiger partial charge is 0.481 e. The fourth-order valence-electron chi connectivity index (χ4n) is 4.79. The lowest BCUT2D eigenvalue weighted by molar-refractivity contribution is -0.142. The highest BCUT2D eigenvalue weighted by Gasteiger charge is 2.26. The first-order chi connectivity index (χ1) is 15.6. The molecule has 0 bridgehead atoms. The molecule has 0 radical (unpaired) electrons. The fourth-order valence-corrected chi connectivity index (χ4v) is 4.79. The van der Waals surface area contributed by atoms with Crippen LogP contribution in [0.3, 0.4) is 0 Å². The molecule has 4 aromatic rings. The normalized spacial score (nSPS) is 12.8. The van der Waals surface area contributed by atoms with Crippen molar-refractivity contribution < 1.29 is 19.1 Å². The maximum Gasteiger partial charge on any atom is 0.343 e. The number of aromatic nitrogens is 1. The average molecular weight is 428 g/mol. The number of hydrogen-bond donors (Lipinski definition) is 1. The lowest BCUT2D eigenvalue weighted by Crippen LogP contribution is -2.14. The molecule has 0 aliphatic heterocycles. The zero-order chi connectivity index (χ0) is 22.2. The van der Waals surface area contributed by atoms with Crippen LogP contribution < -0.4 is 10.5 Å². The van der Waals surface area contributed by atoms with Gasteiger partial charge in [-0.2, -0.15) is 0 Å². The van der Waals surface area contributed by atoms with Crippen LogP contribution in [0.25, 0.3) is 21.8 Å². The summed E-state index contributed by atoms with van der Waals surface area (Å²) in [6.07, 6.45) is 2.84. The monoisotopic (exact) mass is 428 g/mol. The summed E-state index contributed by atoms with van der Waals surface area (Å²) in [6, 6.07) is 18.0. The van der Waals surface area contributed by atoms with E-state index in [0.717, 1.165) is 52.2 Å². The summed E-state index contributed by atoms with van der Waals surface area (Å²) >= 11 is 0. The second-order valence-electron chi connectivity index (χ2n) is 8.09. The molecule has 0 fully saturated rings. The van der Waals surface area contributed by atoms with Gasteiger partial charge in [0.25, 0.3) is 0 Å². The Morgan fingerprint density at radius 3 is 2.56 bits per heavy atom. The van der Waals surface area contributed by atoms with Crippen LogP contribution in [0.15, 0.2) is 54.6 Å². The van der Waals surface area contributed by atoms with Crippen LogP contribution in [-0.4, -0.2) is 30.2 Å². The number of ether oxygens (including phenoxy) is 2. The first kappa shape index (κ1) is 20.1. The quantitative estimate of drug-likeness (QED) is 0.471. The molecule has 3 aromatic carbocycles. The Morgan fingerprint density at radius 1 is 1.00 bits per heavy atom. The van der Waals surface area contributed by atoms with Crippen molar-refractivity contribution in [3.63, 3.8) is 0 Å². The van der Waals surface area contributed by atoms with E-state index in [0.29, 0.717) is 17.9 Å². The van der Waals surface area contributed by atoms with E-state index < -0.39 is 11.9 Å². The number of aryl methyl sites for hydroxylation is 1. The summed E-state index contributed by atoms with van der Waals surface area (Å²) in [6.45, 7) is 0.449. The summed E-state index contributed by atoms with van der Waals surface area (Å²) in [5, 5.41) is 1.59. The molecule has 1 aromatic heterocycles. The van der Waals surface area contributed by atoms with Crippen LogP contribution in [-0.2, 0) is 28.9 Å². The Hall–Kier alpha value is -3.80. The number of hydrogen-bond acceptors (Lipinski definition) is 4. The van der Waals surface area contributed by atoms with Gasteiger partial charge in [0.15, 0.2) is 6.61 Å². The second kappa shape index (κ2) is 8.04. The second-order valence-corrected chi connectivity index (χ2v) is 8.09. The minimum Gasteiger partial charge on any atom is -0.481 e. The maximum absolute atomic E-state index is 12.4. The van der Waals surface area contributed by atoms with Crippen LogP contribution in [0.4, 0.5) is 0 Å². The summed E-state index contributed by atoms with van der Waals surface area (Å²) in [7, 11) is 1.34. The van der Waals surface area contributed by atoms with Crippen molar-refractivity contribution in [1.29, 1.82) is 0 Å². The Balaban J connectivity index is 1.84. The van der Waals surface area contributed by atoms with E-state index in [9.17, 15) is 9.59 Å². The van der Waals surface area contributed by atoms with Gasteiger partial charge in [-0.15, -0.1) is 0 Å². The number of nitrogens with zero attached hydrogens (tertiary/aromatic N) is 1. The van der Waals surface area contributed by atoms with E-state index in [-0.39, 0.29) is 6.61 Å². The lowest BCUT2D eigenvalue weighted by atomic mass is 10.0. The van der Waals surface area contributed by atoms with Gasteiger partial charge in [0.1, 0.15) is 5.75 Å².